The Morgan fingerprint density at radius 3 is 2.75 bits per heavy atom. The largest absolute Gasteiger partial charge is 0.162 e. The molecule has 8 heavy (non-hydrogen) atoms. The van der Waals surface area contributed by atoms with Crippen LogP contribution in [-0.4, -0.2) is 11.5 Å². The zero-order chi connectivity index (χ0) is 5.82. The van der Waals surface area contributed by atoms with Crippen LogP contribution in [-0.2, 0) is 0 Å². The Kier molecular flexibility index (Phi) is 2.74. The Labute approximate surface area is 56.0 Å². The first kappa shape index (κ1) is 6.47. The maximum absolute atomic E-state index is 2.45. The molecular formula is C7H13S. The van der Waals surface area contributed by atoms with Crippen molar-refractivity contribution in [2.75, 3.05) is 6.26 Å². The van der Waals surface area contributed by atoms with Gasteiger partial charge in [-0.25, -0.2) is 0 Å². The zero-order valence-corrected chi connectivity index (χ0v) is 6.21. The highest BCUT2D eigenvalue weighted by atomic mass is 32.2. The van der Waals surface area contributed by atoms with E-state index in [4.69, 9.17) is 0 Å². The lowest BCUT2D eigenvalue weighted by Crippen LogP contribution is -2.07. The Hall–Kier alpha value is 0.350. The second-order valence-electron chi connectivity index (χ2n) is 2.29. The van der Waals surface area contributed by atoms with Crippen LogP contribution in [0.4, 0.5) is 0 Å². The van der Waals surface area contributed by atoms with Gasteiger partial charge in [0.1, 0.15) is 0 Å². The summed E-state index contributed by atoms with van der Waals surface area (Å²) < 4.78 is 0. The van der Waals surface area contributed by atoms with Crippen molar-refractivity contribution in [3.05, 3.63) is 6.42 Å². The van der Waals surface area contributed by atoms with Crippen molar-refractivity contribution >= 4 is 11.8 Å². The first-order valence-corrected chi connectivity index (χ1v) is 4.58. The van der Waals surface area contributed by atoms with Crippen LogP contribution in [0.2, 0.25) is 0 Å². The van der Waals surface area contributed by atoms with Crippen LogP contribution in [0, 0.1) is 6.42 Å². The molecule has 1 radical (unpaired) electrons. The third-order valence-corrected chi connectivity index (χ3v) is 2.71. The highest BCUT2D eigenvalue weighted by Gasteiger charge is 2.10. The molecule has 0 aromatic rings. The molecule has 0 aromatic heterocycles. The van der Waals surface area contributed by atoms with E-state index < -0.39 is 0 Å². The van der Waals surface area contributed by atoms with Crippen molar-refractivity contribution in [2.45, 2.75) is 30.9 Å². The smallest absolute Gasteiger partial charge is 0.00755 e. The van der Waals surface area contributed by atoms with Crippen LogP contribution in [0.1, 0.15) is 25.7 Å². The van der Waals surface area contributed by atoms with Gasteiger partial charge in [0.15, 0.2) is 0 Å². The SMILES string of the molecule is CSC1[CH]CCCC1. The molecule has 1 fully saturated rings. The minimum Gasteiger partial charge on any atom is -0.162 e. The van der Waals surface area contributed by atoms with Crippen LogP contribution in [0.5, 0.6) is 0 Å². The molecule has 0 aliphatic heterocycles. The normalized spacial score (nSPS) is 23.6. The number of thioether (sulfide) groups is 1. The van der Waals surface area contributed by atoms with Crippen LogP contribution in [0.3, 0.4) is 0 Å². The summed E-state index contributed by atoms with van der Waals surface area (Å²) in [6, 6.07) is 0. The van der Waals surface area contributed by atoms with Gasteiger partial charge in [-0.15, -0.1) is 0 Å². The minimum atomic E-state index is 0.878. The number of rotatable bonds is 1. The highest BCUT2D eigenvalue weighted by Crippen LogP contribution is 2.24. The minimum absolute atomic E-state index is 0.878. The molecule has 1 aliphatic rings. The summed E-state index contributed by atoms with van der Waals surface area (Å²) in [5, 5.41) is 0.878. The average molecular weight is 129 g/mol. The van der Waals surface area contributed by atoms with Crippen LogP contribution in [0.25, 0.3) is 0 Å². The lowest BCUT2D eigenvalue weighted by atomic mass is 10.0. The van der Waals surface area contributed by atoms with Gasteiger partial charge in [-0.2, -0.15) is 11.8 Å². The topological polar surface area (TPSA) is 0 Å². The molecule has 1 unspecified atom stereocenters. The molecule has 1 heteroatoms. The van der Waals surface area contributed by atoms with Crippen LogP contribution in [0.15, 0.2) is 0 Å². The molecule has 0 bridgehead atoms. The molecule has 47 valence electrons. The molecule has 0 aromatic carbocycles. The quantitative estimate of drug-likeness (QED) is 0.524. The summed E-state index contributed by atoms with van der Waals surface area (Å²) in [6.45, 7) is 0. The summed E-state index contributed by atoms with van der Waals surface area (Å²) in [5.41, 5.74) is 0. The predicted octanol–water partition coefficient (Wildman–Crippen LogP) is 2.50. The van der Waals surface area contributed by atoms with Gasteiger partial charge in [0.2, 0.25) is 0 Å². The van der Waals surface area contributed by atoms with Gasteiger partial charge in [0, 0.05) is 5.25 Å². The van der Waals surface area contributed by atoms with Gasteiger partial charge < -0.3 is 0 Å². The fourth-order valence-corrected chi connectivity index (χ4v) is 1.86. The molecule has 1 rings (SSSR count). The molecule has 1 atom stereocenters. The second kappa shape index (κ2) is 3.39. The summed E-state index contributed by atoms with van der Waals surface area (Å²) >= 11 is 1.99. The van der Waals surface area contributed by atoms with E-state index in [1.165, 1.54) is 25.7 Å². The van der Waals surface area contributed by atoms with E-state index in [0.29, 0.717) is 0 Å². The van der Waals surface area contributed by atoms with Crippen LogP contribution < -0.4 is 0 Å². The maximum atomic E-state index is 2.45. The third kappa shape index (κ3) is 1.70. The average Bonchev–Trinajstić information content (AvgIpc) is 1.90. The molecule has 0 spiro atoms. The molecule has 0 heterocycles. The number of hydrogen-bond donors (Lipinski definition) is 0. The van der Waals surface area contributed by atoms with E-state index in [-0.39, 0.29) is 0 Å². The molecular weight excluding hydrogens is 116 g/mol. The third-order valence-electron chi connectivity index (χ3n) is 1.68. The van der Waals surface area contributed by atoms with Crippen molar-refractivity contribution in [2.24, 2.45) is 0 Å². The first-order valence-electron chi connectivity index (χ1n) is 3.29. The van der Waals surface area contributed by atoms with Gasteiger partial charge in [-0.05, 0) is 25.5 Å². The molecule has 0 N–H and O–H groups in total. The fourth-order valence-electron chi connectivity index (χ4n) is 1.13. The van der Waals surface area contributed by atoms with E-state index in [0.717, 1.165) is 5.25 Å². The Bertz CT molecular complexity index is 55.4. The van der Waals surface area contributed by atoms with E-state index in [1.54, 1.807) is 0 Å². The molecule has 1 saturated carbocycles. The monoisotopic (exact) mass is 129 g/mol. The van der Waals surface area contributed by atoms with Crippen LogP contribution >= 0.6 is 11.8 Å². The van der Waals surface area contributed by atoms with Gasteiger partial charge in [-0.1, -0.05) is 12.8 Å². The summed E-state index contributed by atoms with van der Waals surface area (Å²) in [4.78, 5) is 0. The van der Waals surface area contributed by atoms with Crippen molar-refractivity contribution < 1.29 is 0 Å². The summed E-state index contributed by atoms with van der Waals surface area (Å²) in [6.07, 6.45) is 10.3. The van der Waals surface area contributed by atoms with Gasteiger partial charge in [-0.3, -0.25) is 0 Å². The Morgan fingerprint density at radius 2 is 2.38 bits per heavy atom. The van der Waals surface area contributed by atoms with Crippen molar-refractivity contribution in [3.63, 3.8) is 0 Å². The van der Waals surface area contributed by atoms with E-state index >= 15 is 0 Å². The molecule has 0 nitrogen and oxygen atoms in total. The van der Waals surface area contributed by atoms with E-state index in [1.807, 2.05) is 11.8 Å². The van der Waals surface area contributed by atoms with Crippen molar-refractivity contribution in [3.8, 4) is 0 Å². The van der Waals surface area contributed by atoms with Crippen molar-refractivity contribution in [1.82, 2.24) is 0 Å². The summed E-state index contributed by atoms with van der Waals surface area (Å²) in [7, 11) is 0. The number of hydrogen-bond acceptors (Lipinski definition) is 1. The maximum Gasteiger partial charge on any atom is 0.00755 e. The first-order chi connectivity index (χ1) is 3.93. The zero-order valence-electron chi connectivity index (χ0n) is 5.39. The molecule has 0 amide bonds. The Balaban J connectivity index is 2.13. The van der Waals surface area contributed by atoms with Crippen molar-refractivity contribution in [1.29, 1.82) is 0 Å². The highest BCUT2D eigenvalue weighted by molar-refractivity contribution is 7.99. The lowest BCUT2D eigenvalue weighted by molar-refractivity contribution is 0.604. The molecule has 1 aliphatic carbocycles. The van der Waals surface area contributed by atoms with E-state index in [9.17, 15) is 0 Å². The van der Waals surface area contributed by atoms with E-state index in [2.05, 4.69) is 12.7 Å². The molecule has 0 saturated heterocycles. The van der Waals surface area contributed by atoms with Gasteiger partial charge in [0.05, 0.1) is 0 Å². The standard InChI is InChI=1S/C7H13S/c1-8-7-5-3-2-4-6-7/h5,7H,2-4,6H2,1H3. The second-order valence-corrected chi connectivity index (χ2v) is 3.37. The Morgan fingerprint density at radius 1 is 1.50 bits per heavy atom. The summed E-state index contributed by atoms with van der Waals surface area (Å²) in [5.74, 6) is 0. The fraction of sp³-hybridized carbons (Fsp3) is 0.857. The van der Waals surface area contributed by atoms with Gasteiger partial charge >= 0.3 is 0 Å². The predicted molar refractivity (Wildman–Crippen MR) is 40.1 cm³/mol. The lowest BCUT2D eigenvalue weighted by Gasteiger charge is -2.18. The van der Waals surface area contributed by atoms with Gasteiger partial charge in [0.25, 0.3) is 0 Å².